The second-order valence-electron chi connectivity index (χ2n) is 4.35. The number of rotatable bonds is 5. The lowest BCUT2D eigenvalue weighted by molar-refractivity contribution is 0.0469. The van der Waals surface area contributed by atoms with Crippen molar-refractivity contribution in [3.05, 3.63) is 53.6 Å². The molecule has 110 valence electrons. The summed E-state index contributed by atoms with van der Waals surface area (Å²) in [5.41, 5.74) is 7.34. The molecule has 0 unspecified atom stereocenters. The van der Waals surface area contributed by atoms with Gasteiger partial charge in [-0.3, -0.25) is 0 Å². The van der Waals surface area contributed by atoms with Crippen LogP contribution in [0.5, 0.6) is 11.5 Å². The number of para-hydroxylation sites is 1. The molecule has 0 saturated carbocycles. The predicted octanol–water partition coefficient (Wildman–Crippen LogP) is 2.64. The smallest absolute Gasteiger partial charge is 0.342 e. The van der Waals surface area contributed by atoms with E-state index in [2.05, 4.69) is 0 Å². The van der Waals surface area contributed by atoms with Crippen LogP contribution < -0.4 is 15.2 Å². The molecule has 0 aliphatic carbocycles. The maximum Gasteiger partial charge on any atom is 0.342 e. The molecule has 5 nitrogen and oxygen atoms in total. The van der Waals surface area contributed by atoms with Crippen molar-refractivity contribution in [3.8, 4) is 11.5 Å². The Kier molecular flexibility index (Phi) is 4.66. The quantitative estimate of drug-likeness (QED) is 0.676. The molecule has 0 atom stereocenters. The summed E-state index contributed by atoms with van der Waals surface area (Å²) in [5, 5.41) is 0. The van der Waals surface area contributed by atoms with Crippen LogP contribution in [0.15, 0.2) is 42.5 Å². The van der Waals surface area contributed by atoms with Gasteiger partial charge in [0.05, 0.1) is 19.9 Å². The minimum Gasteiger partial charge on any atom is -0.497 e. The molecule has 0 amide bonds. The SMILES string of the molecule is COc1ccc(COC(=O)c2cccc(N)c2OC)cc1. The highest BCUT2D eigenvalue weighted by atomic mass is 16.5. The Morgan fingerprint density at radius 1 is 1.05 bits per heavy atom. The van der Waals surface area contributed by atoms with Crippen LogP contribution in [0.3, 0.4) is 0 Å². The fraction of sp³-hybridized carbons (Fsp3) is 0.188. The average molecular weight is 287 g/mol. The molecule has 0 bridgehead atoms. The van der Waals surface area contributed by atoms with Crippen LogP contribution in [-0.4, -0.2) is 20.2 Å². The molecule has 0 saturated heterocycles. The zero-order chi connectivity index (χ0) is 15.2. The Labute approximate surface area is 123 Å². The van der Waals surface area contributed by atoms with Crippen LogP contribution in [0.25, 0.3) is 0 Å². The first-order valence-electron chi connectivity index (χ1n) is 6.38. The summed E-state index contributed by atoms with van der Waals surface area (Å²) in [6.45, 7) is 0.167. The number of ether oxygens (including phenoxy) is 3. The molecule has 0 radical (unpaired) electrons. The number of methoxy groups -OCH3 is 2. The maximum absolute atomic E-state index is 12.1. The average Bonchev–Trinajstić information content (AvgIpc) is 2.52. The molecule has 5 heteroatoms. The highest BCUT2D eigenvalue weighted by Crippen LogP contribution is 2.26. The molecule has 2 N–H and O–H groups in total. The van der Waals surface area contributed by atoms with Gasteiger partial charge < -0.3 is 19.9 Å². The molecule has 0 aromatic heterocycles. The molecular weight excluding hydrogens is 270 g/mol. The fourth-order valence-electron chi connectivity index (χ4n) is 1.89. The minimum atomic E-state index is -0.477. The van der Waals surface area contributed by atoms with E-state index in [1.54, 1.807) is 25.3 Å². The van der Waals surface area contributed by atoms with Crippen LogP contribution in [0, 0.1) is 0 Å². The van der Waals surface area contributed by atoms with Crippen molar-refractivity contribution >= 4 is 11.7 Å². The van der Waals surface area contributed by atoms with Gasteiger partial charge in [-0.25, -0.2) is 4.79 Å². The van der Waals surface area contributed by atoms with Crippen molar-refractivity contribution in [3.63, 3.8) is 0 Å². The lowest BCUT2D eigenvalue weighted by Crippen LogP contribution is -2.08. The van der Waals surface area contributed by atoms with E-state index < -0.39 is 5.97 Å². The van der Waals surface area contributed by atoms with Crippen molar-refractivity contribution < 1.29 is 19.0 Å². The Hall–Kier alpha value is -2.69. The molecule has 2 rings (SSSR count). The number of carbonyl (C=O) groups excluding carboxylic acids is 1. The third kappa shape index (κ3) is 3.45. The maximum atomic E-state index is 12.1. The van der Waals surface area contributed by atoms with E-state index in [1.807, 2.05) is 24.3 Å². The lowest BCUT2D eigenvalue weighted by atomic mass is 10.1. The number of nitrogens with two attached hydrogens (primary N) is 1. The molecule has 2 aromatic rings. The third-order valence-corrected chi connectivity index (χ3v) is 3.00. The summed E-state index contributed by atoms with van der Waals surface area (Å²) >= 11 is 0. The normalized spacial score (nSPS) is 10.0. The van der Waals surface area contributed by atoms with Crippen molar-refractivity contribution in [2.24, 2.45) is 0 Å². The van der Waals surface area contributed by atoms with Crippen LogP contribution in [-0.2, 0) is 11.3 Å². The van der Waals surface area contributed by atoms with Crippen LogP contribution in [0.2, 0.25) is 0 Å². The molecule has 0 fully saturated rings. The number of esters is 1. The number of hydrogen-bond acceptors (Lipinski definition) is 5. The number of nitrogen functional groups attached to an aromatic ring is 1. The van der Waals surface area contributed by atoms with E-state index >= 15 is 0 Å². The number of hydrogen-bond donors (Lipinski definition) is 1. The van der Waals surface area contributed by atoms with Gasteiger partial charge in [0.25, 0.3) is 0 Å². The Morgan fingerprint density at radius 2 is 1.76 bits per heavy atom. The number of benzene rings is 2. The van der Waals surface area contributed by atoms with Crippen molar-refractivity contribution in [2.75, 3.05) is 20.0 Å². The van der Waals surface area contributed by atoms with Gasteiger partial charge in [-0.1, -0.05) is 18.2 Å². The van der Waals surface area contributed by atoms with Gasteiger partial charge in [-0.2, -0.15) is 0 Å². The summed E-state index contributed by atoms with van der Waals surface area (Å²) < 4.78 is 15.5. The Bertz CT molecular complexity index is 623. The molecular formula is C16H17NO4. The zero-order valence-electron chi connectivity index (χ0n) is 12.0. The standard InChI is InChI=1S/C16H17NO4/c1-19-12-8-6-11(7-9-12)10-21-16(18)13-4-3-5-14(17)15(13)20-2/h3-9H,10,17H2,1-2H3. The second kappa shape index (κ2) is 6.65. The Morgan fingerprint density at radius 3 is 2.38 bits per heavy atom. The van der Waals surface area contributed by atoms with E-state index in [-0.39, 0.29) is 6.61 Å². The van der Waals surface area contributed by atoms with Gasteiger partial charge in [-0.05, 0) is 29.8 Å². The first kappa shape index (κ1) is 14.7. The fourth-order valence-corrected chi connectivity index (χ4v) is 1.89. The first-order valence-corrected chi connectivity index (χ1v) is 6.38. The Balaban J connectivity index is 2.06. The van der Waals surface area contributed by atoms with E-state index in [1.165, 1.54) is 7.11 Å². The summed E-state index contributed by atoms with van der Waals surface area (Å²) in [5.74, 6) is 0.606. The van der Waals surface area contributed by atoms with Gasteiger partial charge in [0.2, 0.25) is 0 Å². The highest BCUT2D eigenvalue weighted by Gasteiger charge is 2.15. The van der Waals surface area contributed by atoms with Crippen molar-refractivity contribution in [1.29, 1.82) is 0 Å². The summed E-state index contributed by atoms with van der Waals surface area (Å²) in [6.07, 6.45) is 0. The van der Waals surface area contributed by atoms with Gasteiger partial charge in [0.1, 0.15) is 17.9 Å². The topological polar surface area (TPSA) is 70.8 Å². The molecule has 2 aromatic carbocycles. The van der Waals surface area contributed by atoms with Gasteiger partial charge in [0, 0.05) is 0 Å². The monoisotopic (exact) mass is 287 g/mol. The van der Waals surface area contributed by atoms with Gasteiger partial charge in [-0.15, -0.1) is 0 Å². The van der Waals surface area contributed by atoms with Crippen molar-refractivity contribution in [1.82, 2.24) is 0 Å². The van der Waals surface area contributed by atoms with Crippen LogP contribution in [0.4, 0.5) is 5.69 Å². The van der Waals surface area contributed by atoms with Gasteiger partial charge in [0.15, 0.2) is 5.75 Å². The highest BCUT2D eigenvalue weighted by molar-refractivity contribution is 5.94. The molecule has 0 aliphatic heterocycles. The minimum absolute atomic E-state index is 0.167. The molecule has 0 spiro atoms. The van der Waals surface area contributed by atoms with E-state index in [4.69, 9.17) is 19.9 Å². The summed E-state index contributed by atoms with van der Waals surface area (Å²) in [4.78, 5) is 12.1. The molecule has 0 heterocycles. The van der Waals surface area contributed by atoms with E-state index in [9.17, 15) is 4.79 Å². The van der Waals surface area contributed by atoms with Gasteiger partial charge >= 0.3 is 5.97 Å². The van der Waals surface area contributed by atoms with E-state index in [0.717, 1.165) is 11.3 Å². The lowest BCUT2D eigenvalue weighted by Gasteiger charge is -2.11. The second-order valence-corrected chi connectivity index (χ2v) is 4.35. The van der Waals surface area contributed by atoms with Crippen molar-refractivity contribution in [2.45, 2.75) is 6.61 Å². The largest absolute Gasteiger partial charge is 0.497 e. The summed E-state index contributed by atoms with van der Waals surface area (Å²) in [6, 6.07) is 12.3. The molecule has 21 heavy (non-hydrogen) atoms. The number of carbonyl (C=O) groups is 1. The predicted molar refractivity (Wildman–Crippen MR) is 79.5 cm³/mol. The zero-order valence-corrected chi connectivity index (χ0v) is 12.0. The first-order chi connectivity index (χ1) is 10.2. The summed E-state index contributed by atoms with van der Waals surface area (Å²) in [7, 11) is 3.06. The number of anilines is 1. The van der Waals surface area contributed by atoms with Crippen LogP contribution >= 0.6 is 0 Å². The third-order valence-electron chi connectivity index (χ3n) is 3.00. The van der Waals surface area contributed by atoms with Crippen LogP contribution in [0.1, 0.15) is 15.9 Å². The molecule has 0 aliphatic rings. The van der Waals surface area contributed by atoms with E-state index in [0.29, 0.717) is 17.0 Å².